The third-order valence-corrected chi connectivity index (χ3v) is 3.83. The van der Waals surface area contributed by atoms with Gasteiger partial charge in [0, 0.05) is 0 Å². The molecule has 144 valence electrons. The smallest absolute Gasteiger partial charge is 0.328 e. The van der Waals surface area contributed by atoms with Crippen molar-refractivity contribution in [3.8, 4) is 0 Å². The van der Waals surface area contributed by atoms with E-state index in [1.165, 1.54) is 7.11 Å². The number of amides is 2. The Morgan fingerprint density at radius 3 is 2.35 bits per heavy atom. The summed E-state index contributed by atoms with van der Waals surface area (Å²) in [6.07, 6.45) is 0.481. The van der Waals surface area contributed by atoms with Gasteiger partial charge in [0.2, 0.25) is 11.8 Å². The summed E-state index contributed by atoms with van der Waals surface area (Å²) in [6, 6.07) is 6.21. The Morgan fingerprint density at radius 2 is 1.77 bits per heavy atom. The van der Waals surface area contributed by atoms with Crippen molar-refractivity contribution < 1.29 is 19.1 Å². The number of benzene rings is 1. The van der Waals surface area contributed by atoms with Gasteiger partial charge in [0.15, 0.2) is 0 Å². The van der Waals surface area contributed by atoms with Crippen LogP contribution in [0.2, 0.25) is 5.02 Å². The van der Waals surface area contributed by atoms with E-state index in [-0.39, 0.29) is 30.8 Å². The van der Waals surface area contributed by atoms with Crippen LogP contribution in [0.3, 0.4) is 0 Å². The number of para-hydroxylation sites is 1. The zero-order chi connectivity index (χ0) is 19.7. The van der Waals surface area contributed by atoms with Gasteiger partial charge in [-0.2, -0.15) is 0 Å². The second kappa shape index (κ2) is 10.8. The summed E-state index contributed by atoms with van der Waals surface area (Å²) in [5, 5.41) is 5.78. The molecule has 1 atom stereocenters. The minimum absolute atomic E-state index is 0.00567. The highest BCUT2D eigenvalue weighted by molar-refractivity contribution is 6.33. The summed E-state index contributed by atoms with van der Waals surface area (Å²) in [7, 11) is 2.92. The third-order valence-electron chi connectivity index (χ3n) is 3.50. The Morgan fingerprint density at radius 1 is 1.15 bits per heavy atom. The monoisotopic (exact) mass is 383 g/mol. The van der Waals surface area contributed by atoms with Crippen LogP contribution in [0.1, 0.15) is 20.3 Å². The fourth-order valence-corrected chi connectivity index (χ4v) is 2.55. The van der Waals surface area contributed by atoms with E-state index in [0.29, 0.717) is 17.1 Å². The van der Waals surface area contributed by atoms with E-state index in [1.54, 1.807) is 36.2 Å². The number of anilines is 1. The van der Waals surface area contributed by atoms with Crippen LogP contribution in [0.5, 0.6) is 0 Å². The summed E-state index contributed by atoms with van der Waals surface area (Å²) < 4.78 is 4.72. The van der Waals surface area contributed by atoms with Crippen molar-refractivity contribution in [2.75, 3.05) is 32.6 Å². The maximum Gasteiger partial charge on any atom is 0.328 e. The molecule has 0 bridgehead atoms. The summed E-state index contributed by atoms with van der Waals surface area (Å²) >= 11 is 6.00. The first kappa shape index (κ1) is 21.9. The maximum atomic E-state index is 12.1. The molecule has 0 unspecified atom stereocenters. The molecule has 0 aliphatic carbocycles. The predicted molar refractivity (Wildman–Crippen MR) is 101 cm³/mol. The van der Waals surface area contributed by atoms with Crippen molar-refractivity contribution in [1.29, 1.82) is 0 Å². The molecule has 2 amide bonds. The molecule has 0 heterocycles. The number of nitrogens with one attached hydrogen (secondary N) is 2. The van der Waals surface area contributed by atoms with Gasteiger partial charge in [-0.1, -0.05) is 37.6 Å². The number of hydrogen-bond acceptors (Lipinski definition) is 5. The van der Waals surface area contributed by atoms with Crippen LogP contribution in [-0.2, 0) is 19.1 Å². The van der Waals surface area contributed by atoms with Crippen LogP contribution in [0, 0.1) is 5.92 Å². The second-order valence-electron chi connectivity index (χ2n) is 6.47. The number of methoxy groups -OCH3 is 1. The lowest BCUT2D eigenvalue weighted by Gasteiger charge is -2.21. The molecule has 0 radical (unpaired) electrons. The molecule has 8 heteroatoms. The Bertz CT molecular complexity index is 637. The molecular weight excluding hydrogens is 358 g/mol. The van der Waals surface area contributed by atoms with Crippen molar-refractivity contribution >= 4 is 35.1 Å². The van der Waals surface area contributed by atoms with E-state index < -0.39 is 12.0 Å². The normalized spacial score (nSPS) is 12.0. The predicted octanol–water partition coefficient (Wildman–Crippen LogP) is 1.91. The molecule has 0 aliphatic rings. The Balaban J connectivity index is 2.51. The molecule has 0 spiro atoms. The standard InChI is InChI=1S/C18H26ClN3O4/c1-12(2)9-15(18(25)26-4)21-17(24)11-22(3)10-16(23)20-14-8-6-5-7-13(14)19/h5-8,12,15H,9-11H2,1-4H3,(H,20,23)(H,21,24)/t15-/m1/s1. The average Bonchev–Trinajstić information content (AvgIpc) is 2.54. The largest absolute Gasteiger partial charge is 0.467 e. The summed E-state index contributed by atoms with van der Waals surface area (Å²) in [5.41, 5.74) is 0.514. The van der Waals surface area contributed by atoms with Crippen LogP contribution >= 0.6 is 11.6 Å². The van der Waals surface area contributed by atoms with Crippen molar-refractivity contribution in [3.05, 3.63) is 29.3 Å². The summed E-state index contributed by atoms with van der Waals surface area (Å²) in [5.74, 6) is -0.904. The fourth-order valence-electron chi connectivity index (χ4n) is 2.37. The zero-order valence-electron chi connectivity index (χ0n) is 15.5. The molecule has 1 aromatic carbocycles. The number of carbonyl (C=O) groups excluding carboxylic acids is 3. The van der Waals surface area contributed by atoms with Gasteiger partial charge >= 0.3 is 5.97 Å². The van der Waals surface area contributed by atoms with Gasteiger partial charge < -0.3 is 15.4 Å². The number of hydrogen-bond donors (Lipinski definition) is 2. The summed E-state index contributed by atoms with van der Waals surface area (Å²) in [4.78, 5) is 37.5. The molecule has 0 saturated carbocycles. The van der Waals surface area contributed by atoms with Crippen molar-refractivity contribution in [1.82, 2.24) is 10.2 Å². The number of carbonyl (C=O) groups is 3. The molecule has 0 aliphatic heterocycles. The quantitative estimate of drug-likeness (QED) is 0.636. The first-order valence-corrected chi connectivity index (χ1v) is 8.70. The maximum absolute atomic E-state index is 12.1. The Hall–Kier alpha value is -2.12. The van der Waals surface area contributed by atoms with Gasteiger partial charge in [-0.15, -0.1) is 0 Å². The molecular formula is C18H26ClN3O4. The van der Waals surface area contributed by atoms with E-state index in [0.717, 1.165) is 0 Å². The Kier molecular flexibility index (Phi) is 9.09. The molecule has 0 fully saturated rings. The van der Waals surface area contributed by atoms with Crippen LogP contribution < -0.4 is 10.6 Å². The highest BCUT2D eigenvalue weighted by Gasteiger charge is 2.23. The molecule has 26 heavy (non-hydrogen) atoms. The van der Waals surface area contributed by atoms with E-state index in [9.17, 15) is 14.4 Å². The minimum atomic E-state index is -0.696. The molecule has 1 aromatic rings. The molecule has 2 N–H and O–H groups in total. The van der Waals surface area contributed by atoms with Crippen LogP contribution in [0.15, 0.2) is 24.3 Å². The highest BCUT2D eigenvalue weighted by atomic mass is 35.5. The van der Waals surface area contributed by atoms with E-state index >= 15 is 0 Å². The number of rotatable bonds is 9. The number of esters is 1. The lowest BCUT2D eigenvalue weighted by Crippen LogP contribution is -2.46. The number of likely N-dealkylation sites (N-methyl/N-ethyl adjacent to an activating group) is 1. The van der Waals surface area contributed by atoms with Gasteiger partial charge in [-0.05, 0) is 31.5 Å². The van der Waals surface area contributed by atoms with Crippen LogP contribution in [-0.4, -0.2) is 56.0 Å². The number of ether oxygens (including phenoxy) is 1. The number of nitrogens with zero attached hydrogens (tertiary/aromatic N) is 1. The molecule has 0 saturated heterocycles. The number of halogens is 1. The summed E-state index contributed by atoms with van der Waals surface area (Å²) in [6.45, 7) is 3.88. The minimum Gasteiger partial charge on any atom is -0.467 e. The molecule has 1 rings (SSSR count). The molecule has 7 nitrogen and oxygen atoms in total. The van der Waals surface area contributed by atoms with Gasteiger partial charge in [0.05, 0.1) is 30.9 Å². The van der Waals surface area contributed by atoms with Gasteiger partial charge in [-0.25, -0.2) is 4.79 Å². The lowest BCUT2D eigenvalue weighted by molar-refractivity contribution is -0.145. The van der Waals surface area contributed by atoms with E-state index in [2.05, 4.69) is 10.6 Å². The van der Waals surface area contributed by atoms with E-state index in [1.807, 2.05) is 13.8 Å². The van der Waals surface area contributed by atoms with Crippen molar-refractivity contribution in [2.45, 2.75) is 26.3 Å². The topological polar surface area (TPSA) is 87.7 Å². The van der Waals surface area contributed by atoms with Gasteiger partial charge in [0.25, 0.3) is 0 Å². The second-order valence-corrected chi connectivity index (χ2v) is 6.88. The van der Waals surface area contributed by atoms with Gasteiger partial charge in [0.1, 0.15) is 6.04 Å². The first-order valence-electron chi connectivity index (χ1n) is 8.33. The van der Waals surface area contributed by atoms with Crippen LogP contribution in [0.4, 0.5) is 5.69 Å². The fraction of sp³-hybridized carbons (Fsp3) is 0.500. The van der Waals surface area contributed by atoms with E-state index in [4.69, 9.17) is 16.3 Å². The lowest BCUT2D eigenvalue weighted by atomic mass is 10.0. The van der Waals surface area contributed by atoms with Gasteiger partial charge in [-0.3, -0.25) is 14.5 Å². The SMILES string of the molecule is COC(=O)[C@@H](CC(C)C)NC(=O)CN(C)CC(=O)Nc1ccccc1Cl. The first-order chi connectivity index (χ1) is 12.2. The Labute approximate surface area is 159 Å². The molecule has 0 aromatic heterocycles. The average molecular weight is 384 g/mol. The zero-order valence-corrected chi connectivity index (χ0v) is 16.3. The third kappa shape index (κ3) is 7.84. The van der Waals surface area contributed by atoms with Crippen molar-refractivity contribution in [2.24, 2.45) is 5.92 Å². The highest BCUT2D eigenvalue weighted by Crippen LogP contribution is 2.20. The van der Waals surface area contributed by atoms with Crippen LogP contribution in [0.25, 0.3) is 0 Å². The van der Waals surface area contributed by atoms with Crippen molar-refractivity contribution in [3.63, 3.8) is 0 Å².